The Kier molecular flexibility index (Phi) is 9.47. The minimum Gasteiger partial charge on any atom is -0.490 e. The van der Waals surface area contributed by atoms with Crippen LogP contribution >= 0.6 is 15.9 Å². The molecular formula is C24H32BrFN6O. The van der Waals surface area contributed by atoms with Crippen LogP contribution in [0.4, 0.5) is 10.3 Å². The van der Waals surface area contributed by atoms with Crippen molar-refractivity contribution in [3.05, 3.63) is 57.3 Å². The van der Waals surface area contributed by atoms with Gasteiger partial charge in [0, 0.05) is 21.9 Å². The second kappa shape index (κ2) is 12.5. The summed E-state index contributed by atoms with van der Waals surface area (Å²) in [4.78, 5) is 7.06. The van der Waals surface area contributed by atoms with Crippen molar-refractivity contribution in [2.45, 2.75) is 65.3 Å². The maximum absolute atomic E-state index is 14.9. The second-order valence-electron chi connectivity index (χ2n) is 8.23. The van der Waals surface area contributed by atoms with Gasteiger partial charge in [-0.25, -0.2) is 14.1 Å². The normalized spacial score (nSPS) is 11.8. The van der Waals surface area contributed by atoms with Crippen LogP contribution in [-0.4, -0.2) is 31.6 Å². The third kappa shape index (κ3) is 7.70. The molecule has 0 saturated carbocycles. The highest BCUT2D eigenvalue weighted by molar-refractivity contribution is 9.10. The van der Waals surface area contributed by atoms with E-state index < -0.39 is 0 Å². The molecule has 0 atom stereocenters. The molecule has 3 N–H and O–H groups in total. The van der Waals surface area contributed by atoms with Crippen molar-refractivity contribution in [2.75, 3.05) is 12.3 Å². The van der Waals surface area contributed by atoms with Crippen molar-refractivity contribution in [2.24, 2.45) is 0 Å². The fraction of sp³-hybridized carbons (Fsp3) is 0.458. The molecule has 2 aromatic heterocycles. The SMILES string of the molecule is CCCCOc1ccc(Br)c(/C=C(\C)Cn2cc(CCCCCc3cnc(N)[nH]3)nn2)c1F. The van der Waals surface area contributed by atoms with Crippen LogP contribution in [-0.2, 0) is 19.4 Å². The summed E-state index contributed by atoms with van der Waals surface area (Å²) in [5.74, 6) is 0.399. The molecular weight excluding hydrogens is 487 g/mol. The summed E-state index contributed by atoms with van der Waals surface area (Å²) in [6, 6.07) is 3.48. The summed E-state index contributed by atoms with van der Waals surface area (Å²) in [6.07, 6.45) is 12.5. The van der Waals surface area contributed by atoms with Gasteiger partial charge in [-0.15, -0.1) is 5.10 Å². The standard InChI is InChI=1S/C24H32BrFN6O/c1-3-4-12-33-22-11-10-21(25)20(23(22)26)13-17(2)15-32-16-19(30-31-32)9-7-5-6-8-18-14-28-24(27)29-18/h10-11,13-14,16H,3-9,12,15H2,1-2H3,(H3,27,28,29)/b17-13+. The Labute approximate surface area is 202 Å². The maximum Gasteiger partial charge on any atom is 0.197 e. The zero-order chi connectivity index (χ0) is 23.6. The first-order valence-corrected chi connectivity index (χ1v) is 12.2. The Balaban J connectivity index is 1.50. The smallest absolute Gasteiger partial charge is 0.197 e. The number of unbranched alkanes of at least 4 members (excludes halogenated alkanes) is 3. The van der Waals surface area contributed by atoms with Gasteiger partial charge in [0.1, 0.15) is 0 Å². The molecule has 9 heteroatoms. The molecule has 7 nitrogen and oxygen atoms in total. The Morgan fingerprint density at radius 1 is 1.24 bits per heavy atom. The molecule has 2 heterocycles. The number of aromatic amines is 1. The van der Waals surface area contributed by atoms with Crippen molar-refractivity contribution in [1.82, 2.24) is 25.0 Å². The van der Waals surface area contributed by atoms with Crippen LogP contribution in [0, 0.1) is 5.82 Å². The molecule has 0 amide bonds. The van der Waals surface area contributed by atoms with Gasteiger partial charge in [-0.1, -0.05) is 46.5 Å². The van der Waals surface area contributed by atoms with Crippen LogP contribution < -0.4 is 10.5 Å². The highest BCUT2D eigenvalue weighted by atomic mass is 79.9. The van der Waals surface area contributed by atoms with Crippen molar-refractivity contribution in [1.29, 1.82) is 0 Å². The van der Waals surface area contributed by atoms with Crippen molar-refractivity contribution in [3.63, 3.8) is 0 Å². The molecule has 0 aliphatic rings. The number of allylic oxidation sites excluding steroid dienone is 1. The molecule has 33 heavy (non-hydrogen) atoms. The molecule has 3 aromatic rings. The number of aryl methyl sites for hydroxylation is 2. The lowest BCUT2D eigenvalue weighted by Gasteiger charge is -2.10. The molecule has 178 valence electrons. The summed E-state index contributed by atoms with van der Waals surface area (Å²) in [5, 5.41) is 8.50. The van der Waals surface area contributed by atoms with Crippen molar-refractivity contribution < 1.29 is 9.13 Å². The van der Waals surface area contributed by atoms with Gasteiger partial charge in [-0.05, 0) is 57.2 Å². The number of hydrogen-bond donors (Lipinski definition) is 2. The van der Waals surface area contributed by atoms with E-state index in [9.17, 15) is 4.39 Å². The summed E-state index contributed by atoms with van der Waals surface area (Å²) >= 11 is 3.45. The van der Waals surface area contributed by atoms with E-state index in [-0.39, 0.29) is 11.6 Å². The molecule has 0 aliphatic heterocycles. The fourth-order valence-corrected chi connectivity index (χ4v) is 3.92. The van der Waals surface area contributed by atoms with Gasteiger partial charge in [0.25, 0.3) is 0 Å². The van der Waals surface area contributed by atoms with Crippen LogP contribution in [0.25, 0.3) is 6.08 Å². The molecule has 3 rings (SSSR count). The monoisotopic (exact) mass is 518 g/mol. The number of rotatable bonds is 13. The number of ether oxygens (including phenoxy) is 1. The topological polar surface area (TPSA) is 94.6 Å². The van der Waals surface area contributed by atoms with Crippen LogP contribution in [0.3, 0.4) is 0 Å². The molecule has 0 aliphatic carbocycles. The highest BCUT2D eigenvalue weighted by Crippen LogP contribution is 2.30. The van der Waals surface area contributed by atoms with E-state index in [1.165, 1.54) is 0 Å². The minimum absolute atomic E-state index is 0.282. The predicted octanol–water partition coefficient (Wildman–Crippen LogP) is 5.72. The number of halogens is 2. The van der Waals surface area contributed by atoms with Crippen LogP contribution in [0.2, 0.25) is 0 Å². The lowest BCUT2D eigenvalue weighted by atomic mass is 10.1. The van der Waals surface area contributed by atoms with Crippen molar-refractivity contribution >= 4 is 28.0 Å². The Morgan fingerprint density at radius 2 is 2.06 bits per heavy atom. The molecule has 1 aromatic carbocycles. The van der Waals surface area contributed by atoms with Gasteiger partial charge >= 0.3 is 0 Å². The first-order chi connectivity index (χ1) is 16.0. The lowest BCUT2D eigenvalue weighted by Crippen LogP contribution is -2.02. The summed E-state index contributed by atoms with van der Waals surface area (Å²) in [6.45, 7) is 5.09. The molecule has 0 fully saturated rings. The number of nitrogen functional groups attached to an aromatic ring is 1. The highest BCUT2D eigenvalue weighted by Gasteiger charge is 2.12. The summed E-state index contributed by atoms with van der Waals surface area (Å²) < 4.78 is 23.0. The number of aromatic nitrogens is 5. The third-order valence-electron chi connectivity index (χ3n) is 5.26. The van der Waals surface area contributed by atoms with Crippen LogP contribution in [0.5, 0.6) is 5.75 Å². The molecule has 0 bridgehead atoms. The Morgan fingerprint density at radius 3 is 2.82 bits per heavy atom. The van der Waals surface area contributed by atoms with E-state index in [1.54, 1.807) is 16.9 Å². The van der Waals surface area contributed by atoms with E-state index >= 15 is 0 Å². The van der Waals surface area contributed by atoms with E-state index in [4.69, 9.17) is 10.5 Å². The first-order valence-electron chi connectivity index (χ1n) is 11.4. The summed E-state index contributed by atoms with van der Waals surface area (Å²) in [5.41, 5.74) is 9.08. The van der Waals surface area contributed by atoms with Gasteiger partial charge < -0.3 is 15.5 Å². The molecule has 0 unspecified atom stereocenters. The van der Waals surface area contributed by atoms with E-state index in [0.29, 0.717) is 29.1 Å². The number of benzene rings is 1. The molecule has 0 spiro atoms. The van der Waals surface area contributed by atoms with Gasteiger partial charge in [0.15, 0.2) is 17.5 Å². The van der Waals surface area contributed by atoms with Gasteiger partial charge in [0.2, 0.25) is 0 Å². The quantitative estimate of drug-likeness (QED) is 0.282. The van der Waals surface area contributed by atoms with E-state index in [2.05, 4.69) is 43.1 Å². The molecule has 0 saturated heterocycles. The first kappa shape index (κ1) is 25.0. The van der Waals surface area contributed by atoms with Gasteiger partial charge in [0.05, 0.1) is 25.0 Å². The lowest BCUT2D eigenvalue weighted by molar-refractivity contribution is 0.294. The number of nitrogens with zero attached hydrogens (tertiary/aromatic N) is 4. The largest absolute Gasteiger partial charge is 0.490 e. The zero-order valence-electron chi connectivity index (χ0n) is 19.3. The number of nitrogens with two attached hydrogens (primary N) is 1. The average molecular weight is 519 g/mol. The number of hydrogen-bond acceptors (Lipinski definition) is 5. The average Bonchev–Trinajstić information content (AvgIpc) is 3.41. The van der Waals surface area contributed by atoms with Gasteiger partial charge in [-0.2, -0.15) is 0 Å². The Bertz CT molecular complexity index is 1060. The number of imidazole rings is 1. The maximum atomic E-state index is 14.9. The van der Waals surface area contributed by atoms with Crippen LogP contribution in [0.15, 0.2) is 34.6 Å². The predicted molar refractivity (Wildman–Crippen MR) is 132 cm³/mol. The number of H-pyrrole nitrogens is 1. The minimum atomic E-state index is -0.350. The van der Waals surface area contributed by atoms with E-state index in [1.807, 2.05) is 25.3 Å². The zero-order valence-corrected chi connectivity index (χ0v) is 20.9. The van der Waals surface area contributed by atoms with Crippen molar-refractivity contribution in [3.8, 4) is 5.75 Å². The Hall–Kier alpha value is -2.68. The number of anilines is 1. The van der Waals surface area contributed by atoms with Crippen LogP contribution in [0.1, 0.15) is 62.9 Å². The second-order valence-corrected chi connectivity index (χ2v) is 9.08. The fourth-order valence-electron chi connectivity index (χ4n) is 3.50. The van der Waals surface area contributed by atoms with E-state index in [0.717, 1.165) is 61.9 Å². The van der Waals surface area contributed by atoms with Gasteiger partial charge in [-0.3, -0.25) is 0 Å². The number of nitrogens with one attached hydrogen (secondary N) is 1. The summed E-state index contributed by atoms with van der Waals surface area (Å²) in [7, 11) is 0. The molecule has 0 radical (unpaired) electrons. The third-order valence-corrected chi connectivity index (χ3v) is 5.95.